The molecule has 1 aromatic carbocycles. The van der Waals surface area contributed by atoms with Gasteiger partial charge in [0.1, 0.15) is 5.78 Å². The van der Waals surface area contributed by atoms with Crippen LogP contribution >= 0.6 is 7.60 Å². The maximum absolute atomic E-state index is 12.4. The van der Waals surface area contributed by atoms with Crippen molar-refractivity contribution in [2.45, 2.75) is 19.6 Å². The summed E-state index contributed by atoms with van der Waals surface area (Å²) >= 11 is 0. The number of rotatable bonds is 6. The summed E-state index contributed by atoms with van der Waals surface area (Å²) in [6.45, 7) is 3.78. The lowest BCUT2D eigenvalue weighted by molar-refractivity contribution is 0.212. The average molecular weight is 275 g/mol. The Bertz CT molecular complexity index is 441. The van der Waals surface area contributed by atoms with Crippen LogP contribution in [0.2, 0.25) is 0 Å². The van der Waals surface area contributed by atoms with E-state index in [-0.39, 0.29) is 24.7 Å². The van der Waals surface area contributed by atoms with E-state index in [1.807, 2.05) is 0 Å². The number of phenolic OH excluding ortho intramolecular Hbond substituents is 2. The van der Waals surface area contributed by atoms with Crippen molar-refractivity contribution in [1.82, 2.24) is 0 Å². The predicted octanol–water partition coefficient (Wildman–Crippen LogP) is 2.32. The molecule has 7 heteroatoms. The molecule has 0 saturated heterocycles. The van der Waals surface area contributed by atoms with E-state index in [1.165, 1.54) is 18.2 Å². The van der Waals surface area contributed by atoms with E-state index in [1.54, 1.807) is 13.8 Å². The van der Waals surface area contributed by atoms with Gasteiger partial charge in [-0.25, -0.2) is 0 Å². The second-order valence-corrected chi connectivity index (χ2v) is 5.72. The summed E-state index contributed by atoms with van der Waals surface area (Å²) in [5.41, 5.74) is 6.23. The minimum absolute atomic E-state index is 0.203. The van der Waals surface area contributed by atoms with Crippen molar-refractivity contribution in [3.63, 3.8) is 0 Å². The summed E-state index contributed by atoms with van der Waals surface area (Å²) in [5.74, 6) is -1.61. The van der Waals surface area contributed by atoms with Gasteiger partial charge < -0.3 is 25.0 Å². The number of benzene rings is 1. The van der Waals surface area contributed by atoms with Crippen LogP contribution in [0, 0.1) is 0 Å². The zero-order chi connectivity index (χ0) is 13.8. The number of nitrogens with two attached hydrogens (primary N) is 1. The van der Waals surface area contributed by atoms with Gasteiger partial charge in [-0.15, -0.1) is 0 Å². The molecule has 1 aromatic rings. The topological polar surface area (TPSA) is 102 Å². The second-order valence-electron chi connectivity index (χ2n) is 3.57. The summed E-state index contributed by atoms with van der Waals surface area (Å²) in [5, 5.41) is 18.6. The van der Waals surface area contributed by atoms with E-state index in [0.29, 0.717) is 5.56 Å². The molecule has 0 saturated carbocycles. The van der Waals surface area contributed by atoms with Crippen LogP contribution in [0.5, 0.6) is 11.5 Å². The van der Waals surface area contributed by atoms with Gasteiger partial charge in [0.25, 0.3) is 0 Å². The molecule has 0 fully saturated rings. The van der Waals surface area contributed by atoms with Crippen LogP contribution in [0.1, 0.15) is 25.2 Å². The number of phenols is 2. The lowest BCUT2D eigenvalue weighted by Crippen LogP contribution is -2.14. The maximum atomic E-state index is 12.4. The fourth-order valence-electron chi connectivity index (χ4n) is 1.46. The van der Waals surface area contributed by atoms with E-state index >= 15 is 0 Å². The summed E-state index contributed by atoms with van der Waals surface area (Å²) in [4.78, 5) is 0. The third kappa shape index (κ3) is 3.23. The average Bonchev–Trinajstić information content (AvgIpc) is 2.32. The Labute approximate surface area is 106 Å². The Hall–Kier alpha value is -1.07. The first-order valence-electron chi connectivity index (χ1n) is 5.60. The van der Waals surface area contributed by atoms with Gasteiger partial charge in [-0.3, -0.25) is 4.57 Å². The molecule has 0 bridgehead atoms. The van der Waals surface area contributed by atoms with Crippen molar-refractivity contribution in [3.05, 3.63) is 23.8 Å². The third-order valence-corrected chi connectivity index (χ3v) is 4.52. The molecule has 4 N–H and O–H groups in total. The van der Waals surface area contributed by atoms with E-state index in [2.05, 4.69) is 0 Å². The Kier molecular flexibility index (Phi) is 5.16. The van der Waals surface area contributed by atoms with Crippen molar-refractivity contribution in [2.24, 2.45) is 5.73 Å². The van der Waals surface area contributed by atoms with Crippen molar-refractivity contribution in [2.75, 3.05) is 13.2 Å². The zero-order valence-electron chi connectivity index (χ0n) is 10.4. The molecule has 102 valence electrons. The molecule has 0 aliphatic heterocycles. The molecule has 0 radical (unpaired) electrons. The van der Waals surface area contributed by atoms with Gasteiger partial charge in [-0.1, -0.05) is 6.07 Å². The molecule has 0 heterocycles. The third-order valence-electron chi connectivity index (χ3n) is 2.30. The minimum atomic E-state index is -3.48. The summed E-state index contributed by atoms with van der Waals surface area (Å²) in [7, 11) is -3.48. The molecular weight excluding hydrogens is 257 g/mol. The van der Waals surface area contributed by atoms with Crippen molar-refractivity contribution in [3.8, 4) is 11.5 Å². The van der Waals surface area contributed by atoms with Crippen LogP contribution in [-0.4, -0.2) is 23.4 Å². The lowest BCUT2D eigenvalue weighted by Gasteiger charge is -2.23. The highest BCUT2D eigenvalue weighted by Crippen LogP contribution is 2.58. The van der Waals surface area contributed by atoms with Crippen LogP contribution in [-0.2, 0) is 13.6 Å². The van der Waals surface area contributed by atoms with Crippen molar-refractivity contribution < 1.29 is 23.8 Å². The van der Waals surface area contributed by atoms with Gasteiger partial charge in [0.2, 0.25) is 0 Å². The van der Waals surface area contributed by atoms with E-state index < -0.39 is 13.4 Å². The van der Waals surface area contributed by atoms with Gasteiger partial charge in [-0.05, 0) is 31.5 Å². The first kappa shape index (κ1) is 15.0. The maximum Gasteiger partial charge on any atom is 0.351 e. The molecule has 0 unspecified atom stereocenters. The smallest absolute Gasteiger partial charge is 0.351 e. The molecular formula is C11H18NO5P. The Morgan fingerprint density at radius 3 is 2.22 bits per heavy atom. The standard InChI is InChI=1S/C11H18NO5P/c1-3-16-18(15,17-4-2)11(12)8-5-6-9(13)10(14)7-8/h5-7,11,13-14H,3-4,12H2,1-2H3/t11-/m1/s1. The van der Waals surface area contributed by atoms with Gasteiger partial charge >= 0.3 is 7.60 Å². The van der Waals surface area contributed by atoms with E-state index in [4.69, 9.17) is 14.8 Å². The van der Waals surface area contributed by atoms with Crippen molar-refractivity contribution >= 4 is 7.60 Å². The largest absolute Gasteiger partial charge is 0.504 e. The first-order valence-corrected chi connectivity index (χ1v) is 7.22. The molecule has 0 aliphatic carbocycles. The Morgan fingerprint density at radius 1 is 1.22 bits per heavy atom. The van der Waals surface area contributed by atoms with Crippen LogP contribution in [0.4, 0.5) is 0 Å². The zero-order valence-corrected chi connectivity index (χ0v) is 11.3. The van der Waals surface area contributed by atoms with E-state index in [0.717, 1.165) is 0 Å². The Balaban J connectivity index is 3.05. The molecule has 1 atom stereocenters. The number of hydrogen-bond donors (Lipinski definition) is 3. The van der Waals surface area contributed by atoms with Gasteiger partial charge in [-0.2, -0.15) is 0 Å². The van der Waals surface area contributed by atoms with Gasteiger partial charge in [0.15, 0.2) is 11.5 Å². The fraction of sp³-hybridized carbons (Fsp3) is 0.455. The molecule has 0 amide bonds. The molecule has 0 spiro atoms. The van der Waals surface area contributed by atoms with Crippen LogP contribution < -0.4 is 5.73 Å². The number of hydrogen-bond acceptors (Lipinski definition) is 6. The predicted molar refractivity (Wildman–Crippen MR) is 67.6 cm³/mol. The quantitative estimate of drug-likeness (QED) is 0.544. The highest BCUT2D eigenvalue weighted by Gasteiger charge is 2.34. The summed E-state index contributed by atoms with van der Waals surface area (Å²) < 4.78 is 22.6. The Morgan fingerprint density at radius 2 is 1.78 bits per heavy atom. The van der Waals surface area contributed by atoms with Gasteiger partial charge in [0.05, 0.1) is 13.2 Å². The SMILES string of the molecule is CCOP(=O)(OCC)[C@@H](N)c1ccc(O)c(O)c1. The molecule has 0 aromatic heterocycles. The second kappa shape index (κ2) is 6.20. The molecule has 1 rings (SSSR count). The molecule has 6 nitrogen and oxygen atoms in total. The number of aromatic hydroxyl groups is 2. The highest BCUT2D eigenvalue weighted by atomic mass is 31.2. The minimum Gasteiger partial charge on any atom is -0.504 e. The first-order chi connectivity index (χ1) is 8.44. The lowest BCUT2D eigenvalue weighted by atomic mass is 10.2. The highest BCUT2D eigenvalue weighted by molar-refractivity contribution is 7.54. The van der Waals surface area contributed by atoms with E-state index in [9.17, 15) is 14.8 Å². The normalized spacial score (nSPS) is 13.5. The van der Waals surface area contributed by atoms with Gasteiger partial charge in [0, 0.05) is 0 Å². The monoisotopic (exact) mass is 275 g/mol. The summed E-state index contributed by atoms with van der Waals surface area (Å²) in [6, 6.07) is 3.97. The van der Waals surface area contributed by atoms with Crippen molar-refractivity contribution in [1.29, 1.82) is 0 Å². The fourth-order valence-corrected chi connectivity index (χ4v) is 3.11. The molecule has 18 heavy (non-hydrogen) atoms. The van der Waals surface area contributed by atoms with Crippen LogP contribution in [0.3, 0.4) is 0 Å². The van der Waals surface area contributed by atoms with Crippen LogP contribution in [0.15, 0.2) is 18.2 Å². The summed E-state index contributed by atoms with van der Waals surface area (Å²) in [6.07, 6.45) is 0. The van der Waals surface area contributed by atoms with Crippen LogP contribution in [0.25, 0.3) is 0 Å². The molecule has 0 aliphatic rings.